The summed E-state index contributed by atoms with van der Waals surface area (Å²) < 4.78 is 29.3. The summed E-state index contributed by atoms with van der Waals surface area (Å²) in [5.74, 6) is 0.172. The molecule has 1 aliphatic heterocycles. The first kappa shape index (κ1) is 32.2. The lowest BCUT2D eigenvalue weighted by Crippen LogP contribution is -2.34. The minimum atomic E-state index is -0.908. The Balaban J connectivity index is 1.33. The van der Waals surface area contributed by atoms with Crippen LogP contribution in [-0.4, -0.2) is 63.9 Å². The predicted octanol–water partition coefficient (Wildman–Crippen LogP) is 7.06. The Hall–Kier alpha value is -4.79. The topological polar surface area (TPSA) is 83.5 Å². The molecule has 0 aliphatic carbocycles. The summed E-state index contributed by atoms with van der Waals surface area (Å²) in [6, 6.07) is 38.2. The molecule has 0 bridgehead atoms. The molecule has 0 aromatic heterocycles. The Labute approximate surface area is 274 Å². The standard InChI is InChI=1S/C40H38O7/c41-22-23-43-24-25-44-26-27-45-28-29-46-39(42)37-35-20-21-40(31-14-6-2-7-15-31,32-16-8-3-9-17-32)47-38(35)34-19-11-10-18-33(34)36(37)30-12-4-1-5-13-30/h1-21,41H,22-29H2. The first-order valence-corrected chi connectivity index (χ1v) is 15.9. The molecule has 0 spiro atoms. The fourth-order valence-corrected chi connectivity index (χ4v) is 5.93. The Kier molecular flexibility index (Phi) is 10.7. The Morgan fingerprint density at radius 1 is 0.617 bits per heavy atom. The van der Waals surface area contributed by atoms with Gasteiger partial charge in [0, 0.05) is 27.6 Å². The van der Waals surface area contributed by atoms with Gasteiger partial charge in [0.2, 0.25) is 0 Å². The molecule has 7 heteroatoms. The van der Waals surface area contributed by atoms with E-state index in [0.29, 0.717) is 49.9 Å². The molecule has 7 nitrogen and oxygen atoms in total. The number of carbonyl (C=O) groups is 1. The van der Waals surface area contributed by atoms with Crippen molar-refractivity contribution in [2.75, 3.05) is 52.9 Å². The second kappa shape index (κ2) is 15.7. The van der Waals surface area contributed by atoms with Crippen LogP contribution in [-0.2, 0) is 24.5 Å². The summed E-state index contributed by atoms with van der Waals surface area (Å²) in [5.41, 5.74) is 3.87. The third-order valence-corrected chi connectivity index (χ3v) is 8.07. The van der Waals surface area contributed by atoms with E-state index in [1.54, 1.807) is 0 Å². The maximum absolute atomic E-state index is 14.1. The molecule has 6 rings (SSSR count). The number of carbonyl (C=O) groups excluding carboxylic acids is 1. The number of aliphatic hydroxyl groups is 1. The van der Waals surface area contributed by atoms with Crippen LogP contribution in [0.25, 0.3) is 28.0 Å². The second-order valence-electron chi connectivity index (χ2n) is 11.0. The van der Waals surface area contributed by atoms with E-state index in [1.807, 2.05) is 103 Å². The van der Waals surface area contributed by atoms with E-state index >= 15 is 0 Å². The first-order chi connectivity index (χ1) is 23.2. The van der Waals surface area contributed by atoms with Gasteiger partial charge in [0.1, 0.15) is 12.4 Å². The number of esters is 1. The van der Waals surface area contributed by atoms with Crippen molar-refractivity contribution in [3.8, 4) is 16.9 Å². The molecule has 0 fully saturated rings. The van der Waals surface area contributed by atoms with Gasteiger partial charge in [-0.15, -0.1) is 0 Å². The fourth-order valence-electron chi connectivity index (χ4n) is 5.93. The lowest BCUT2D eigenvalue weighted by Gasteiger charge is -2.37. The molecule has 0 atom stereocenters. The monoisotopic (exact) mass is 630 g/mol. The van der Waals surface area contributed by atoms with Crippen LogP contribution in [0.2, 0.25) is 0 Å². The van der Waals surface area contributed by atoms with Crippen LogP contribution in [0.4, 0.5) is 0 Å². The highest BCUT2D eigenvalue weighted by Crippen LogP contribution is 2.49. The van der Waals surface area contributed by atoms with Crippen molar-refractivity contribution in [1.29, 1.82) is 0 Å². The van der Waals surface area contributed by atoms with Crippen molar-refractivity contribution >= 4 is 22.8 Å². The SMILES string of the molecule is O=C(OCCOCCOCCOCCO)c1c2c(c3ccccc3c1-c1ccccc1)OC(c1ccccc1)(c1ccccc1)C=C2. The number of fused-ring (bicyclic) bond motifs is 3. The highest BCUT2D eigenvalue weighted by atomic mass is 16.6. The van der Waals surface area contributed by atoms with E-state index in [9.17, 15) is 4.79 Å². The molecule has 1 N–H and O–H groups in total. The molecule has 0 saturated carbocycles. The van der Waals surface area contributed by atoms with Gasteiger partial charge in [0.25, 0.3) is 0 Å². The van der Waals surface area contributed by atoms with Gasteiger partial charge in [-0.2, -0.15) is 0 Å². The maximum Gasteiger partial charge on any atom is 0.339 e. The fraction of sp³-hybridized carbons (Fsp3) is 0.225. The van der Waals surface area contributed by atoms with Gasteiger partial charge in [0.15, 0.2) is 5.60 Å². The van der Waals surface area contributed by atoms with E-state index in [-0.39, 0.29) is 19.8 Å². The van der Waals surface area contributed by atoms with Crippen LogP contribution in [0, 0.1) is 0 Å². The number of hydrogen-bond donors (Lipinski definition) is 1. The van der Waals surface area contributed by atoms with E-state index in [2.05, 4.69) is 24.3 Å². The largest absolute Gasteiger partial charge is 0.472 e. The summed E-state index contributed by atoms with van der Waals surface area (Å²) >= 11 is 0. The predicted molar refractivity (Wildman–Crippen MR) is 183 cm³/mol. The van der Waals surface area contributed by atoms with Crippen molar-refractivity contribution in [1.82, 2.24) is 0 Å². The van der Waals surface area contributed by atoms with Crippen LogP contribution >= 0.6 is 0 Å². The zero-order valence-corrected chi connectivity index (χ0v) is 26.2. The van der Waals surface area contributed by atoms with Gasteiger partial charge in [-0.1, -0.05) is 115 Å². The lowest BCUT2D eigenvalue weighted by molar-refractivity contribution is -0.00314. The minimum Gasteiger partial charge on any atom is -0.472 e. The normalized spacial score (nSPS) is 13.2. The summed E-state index contributed by atoms with van der Waals surface area (Å²) in [4.78, 5) is 14.1. The highest BCUT2D eigenvalue weighted by molar-refractivity contribution is 6.14. The summed E-state index contributed by atoms with van der Waals surface area (Å²) in [6.07, 6.45) is 4.05. The average Bonchev–Trinajstić information content (AvgIpc) is 3.14. The average molecular weight is 631 g/mol. The smallest absolute Gasteiger partial charge is 0.339 e. The molecule has 0 unspecified atom stereocenters. The Bertz CT molecular complexity index is 1750. The molecule has 47 heavy (non-hydrogen) atoms. The second-order valence-corrected chi connectivity index (χ2v) is 11.0. The summed E-state index contributed by atoms with van der Waals surface area (Å²) in [5, 5.41) is 10.6. The van der Waals surface area contributed by atoms with Gasteiger partial charge in [-0.05, 0) is 23.1 Å². The first-order valence-electron chi connectivity index (χ1n) is 15.9. The van der Waals surface area contributed by atoms with Gasteiger partial charge in [-0.25, -0.2) is 4.79 Å². The van der Waals surface area contributed by atoms with Gasteiger partial charge in [0.05, 0.1) is 51.8 Å². The number of hydrogen-bond acceptors (Lipinski definition) is 7. The lowest BCUT2D eigenvalue weighted by atomic mass is 9.81. The Morgan fingerprint density at radius 3 is 1.72 bits per heavy atom. The number of benzene rings is 5. The zero-order valence-electron chi connectivity index (χ0n) is 26.2. The van der Waals surface area contributed by atoms with E-state index in [1.165, 1.54) is 0 Å². The summed E-state index contributed by atoms with van der Waals surface area (Å²) in [7, 11) is 0. The van der Waals surface area contributed by atoms with Crippen molar-refractivity contribution in [2.24, 2.45) is 0 Å². The van der Waals surface area contributed by atoms with Gasteiger partial charge >= 0.3 is 5.97 Å². The van der Waals surface area contributed by atoms with Gasteiger partial charge < -0.3 is 28.8 Å². The highest BCUT2D eigenvalue weighted by Gasteiger charge is 2.39. The van der Waals surface area contributed by atoms with Crippen molar-refractivity contribution in [3.05, 3.63) is 144 Å². The van der Waals surface area contributed by atoms with E-state index in [4.69, 9.17) is 28.8 Å². The third-order valence-electron chi connectivity index (χ3n) is 8.07. The molecule has 240 valence electrons. The van der Waals surface area contributed by atoms with Crippen LogP contribution < -0.4 is 4.74 Å². The number of ether oxygens (including phenoxy) is 5. The van der Waals surface area contributed by atoms with Crippen LogP contribution in [0.15, 0.2) is 121 Å². The number of aliphatic hydroxyl groups excluding tert-OH is 1. The number of rotatable bonds is 15. The molecule has 5 aromatic carbocycles. The molecular formula is C40H38O7. The molecule has 0 radical (unpaired) electrons. The molecule has 0 amide bonds. The molecule has 5 aromatic rings. The molecular weight excluding hydrogens is 592 g/mol. The van der Waals surface area contributed by atoms with Crippen molar-refractivity contribution in [2.45, 2.75) is 5.60 Å². The zero-order chi connectivity index (χ0) is 32.3. The van der Waals surface area contributed by atoms with Crippen LogP contribution in [0.5, 0.6) is 5.75 Å². The third kappa shape index (κ3) is 7.14. The maximum atomic E-state index is 14.1. The van der Waals surface area contributed by atoms with Crippen molar-refractivity contribution in [3.63, 3.8) is 0 Å². The Morgan fingerprint density at radius 2 is 1.13 bits per heavy atom. The van der Waals surface area contributed by atoms with E-state index < -0.39 is 11.6 Å². The van der Waals surface area contributed by atoms with Crippen molar-refractivity contribution < 1.29 is 33.6 Å². The summed E-state index contributed by atoms with van der Waals surface area (Å²) in [6.45, 7) is 2.16. The van der Waals surface area contributed by atoms with Crippen LogP contribution in [0.3, 0.4) is 0 Å². The molecule has 0 saturated heterocycles. The quantitative estimate of drug-likeness (QED) is 0.0980. The van der Waals surface area contributed by atoms with Gasteiger partial charge in [-0.3, -0.25) is 0 Å². The minimum absolute atomic E-state index is 0.0118. The van der Waals surface area contributed by atoms with Crippen LogP contribution in [0.1, 0.15) is 27.0 Å². The molecule has 1 heterocycles. The molecule has 1 aliphatic rings. The van der Waals surface area contributed by atoms with E-state index in [0.717, 1.165) is 33.0 Å².